The van der Waals surface area contributed by atoms with E-state index >= 15 is 0 Å². The first-order valence-corrected chi connectivity index (χ1v) is 5.07. The van der Waals surface area contributed by atoms with Crippen LogP contribution in [0.3, 0.4) is 0 Å². The molecule has 2 nitrogen and oxygen atoms in total. The van der Waals surface area contributed by atoms with Gasteiger partial charge in [-0.25, -0.2) is 0 Å². The second kappa shape index (κ2) is 4.38. The third kappa shape index (κ3) is 2.52. The normalized spacial score (nSPS) is 22.9. The second-order valence-electron chi connectivity index (χ2n) is 3.71. The molecule has 2 heteroatoms. The van der Waals surface area contributed by atoms with Gasteiger partial charge in [-0.2, -0.15) is 0 Å². The maximum atomic E-state index is 4.12. The van der Waals surface area contributed by atoms with Crippen molar-refractivity contribution in [3.05, 3.63) is 30.1 Å². The highest BCUT2D eigenvalue weighted by atomic mass is 14.9. The van der Waals surface area contributed by atoms with E-state index in [1.54, 1.807) is 0 Å². The van der Waals surface area contributed by atoms with Crippen LogP contribution in [-0.4, -0.2) is 17.6 Å². The molecule has 1 aromatic heterocycles. The molecule has 2 rings (SSSR count). The van der Waals surface area contributed by atoms with E-state index in [9.17, 15) is 0 Å². The van der Waals surface area contributed by atoms with Crippen molar-refractivity contribution in [3.8, 4) is 0 Å². The molecule has 0 bridgehead atoms. The zero-order chi connectivity index (χ0) is 8.93. The first-order chi connectivity index (χ1) is 6.45. The number of nitrogens with one attached hydrogen (secondary N) is 1. The van der Waals surface area contributed by atoms with E-state index in [2.05, 4.69) is 16.4 Å². The summed E-state index contributed by atoms with van der Waals surface area (Å²) in [6.07, 6.45) is 8.96. The number of nitrogens with zero attached hydrogens (tertiary/aromatic N) is 1. The number of hydrogen-bond donors (Lipinski definition) is 1. The van der Waals surface area contributed by atoms with Gasteiger partial charge in [0.05, 0.1) is 0 Å². The van der Waals surface area contributed by atoms with Crippen molar-refractivity contribution in [3.63, 3.8) is 0 Å². The average molecular weight is 176 g/mol. The number of piperidine rings is 1. The molecule has 2 heterocycles. The molecule has 1 saturated heterocycles. The van der Waals surface area contributed by atoms with Crippen molar-refractivity contribution in [2.24, 2.45) is 0 Å². The molecule has 0 aliphatic carbocycles. The molecular weight excluding hydrogens is 160 g/mol. The molecule has 0 saturated carbocycles. The summed E-state index contributed by atoms with van der Waals surface area (Å²) in [5.41, 5.74) is 1.35. The van der Waals surface area contributed by atoms with Crippen molar-refractivity contribution in [2.75, 3.05) is 6.54 Å². The van der Waals surface area contributed by atoms with E-state index < -0.39 is 0 Å². The first-order valence-electron chi connectivity index (χ1n) is 5.07. The minimum Gasteiger partial charge on any atom is -0.314 e. The van der Waals surface area contributed by atoms with E-state index in [0.717, 1.165) is 6.42 Å². The Hall–Kier alpha value is -0.890. The lowest BCUT2D eigenvalue weighted by molar-refractivity contribution is 0.399. The first kappa shape index (κ1) is 8.70. The topological polar surface area (TPSA) is 24.9 Å². The molecule has 1 atom stereocenters. The highest BCUT2D eigenvalue weighted by molar-refractivity contribution is 5.10. The van der Waals surface area contributed by atoms with Gasteiger partial charge in [0.1, 0.15) is 0 Å². The lowest BCUT2D eigenvalue weighted by atomic mass is 9.99. The van der Waals surface area contributed by atoms with E-state index in [1.165, 1.54) is 31.4 Å². The maximum absolute atomic E-state index is 4.12. The van der Waals surface area contributed by atoms with Crippen LogP contribution < -0.4 is 5.32 Å². The number of aromatic nitrogens is 1. The van der Waals surface area contributed by atoms with Crippen LogP contribution in [-0.2, 0) is 6.42 Å². The van der Waals surface area contributed by atoms with Gasteiger partial charge < -0.3 is 5.32 Å². The summed E-state index contributed by atoms with van der Waals surface area (Å²) in [6, 6.07) is 4.85. The summed E-state index contributed by atoms with van der Waals surface area (Å²) in [4.78, 5) is 4.12. The minimum atomic E-state index is 0.679. The Labute approximate surface area is 79.4 Å². The highest BCUT2D eigenvalue weighted by Crippen LogP contribution is 2.11. The predicted octanol–water partition coefficient (Wildman–Crippen LogP) is 1.77. The molecule has 1 aliphatic heterocycles. The molecule has 1 aromatic rings. The number of rotatable bonds is 2. The van der Waals surface area contributed by atoms with Crippen molar-refractivity contribution < 1.29 is 0 Å². The second-order valence-corrected chi connectivity index (χ2v) is 3.71. The maximum Gasteiger partial charge on any atom is 0.0300 e. The molecule has 0 aromatic carbocycles. The fraction of sp³-hybridized carbons (Fsp3) is 0.545. The van der Waals surface area contributed by atoms with Gasteiger partial charge in [0.25, 0.3) is 0 Å². The molecule has 0 spiro atoms. The fourth-order valence-electron chi connectivity index (χ4n) is 1.90. The van der Waals surface area contributed by atoms with Gasteiger partial charge in [0.2, 0.25) is 0 Å². The Morgan fingerprint density at radius 3 is 3.15 bits per heavy atom. The third-order valence-electron chi connectivity index (χ3n) is 2.62. The van der Waals surface area contributed by atoms with Crippen LogP contribution in [0.15, 0.2) is 24.5 Å². The standard InChI is InChI=1S/C11H16N2/c1-2-7-13-11(5-1)8-10-4-3-6-12-9-10/h3-4,6,9,11,13H,1-2,5,7-8H2/t11-/m0/s1. The van der Waals surface area contributed by atoms with Crippen molar-refractivity contribution in [2.45, 2.75) is 31.7 Å². The van der Waals surface area contributed by atoms with Gasteiger partial charge in [0, 0.05) is 18.4 Å². The SMILES string of the molecule is c1cncc(C[C@@H]2CCCCN2)c1. The molecule has 1 aliphatic rings. The van der Waals surface area contributed by atoms with Gasteiger partial charge in [-0.05, 0) is 37.4 Å². The molecule has 0 unspecified atom stereocenters. The Morgan fingerprint density at radius 1 is 1.46 bits per heavy atom. The van der Waals surface area contributed by atoms with Crippen LogP contribution >= 0.6 is 0 Å². The van der Waals surface area contributed by atoms with Gasteiger partial charge in [-0.15, -0.1) is 0 Å². The lowest BCUT2D eigenvalue weighted by Crippen LogP contribution is -2.35. The number of pyridine rings is 1. The lowest BCUT2D eigenvalue weighted by Gasteiger charge is -2.23. The Morgan fingerprint density at radius 2 is 2.46 bits per heavy atom. The third-order valence-corrected chi connectivity index (χ3v) is 2.62. The number of hydrogen-bond acceptors (Lipinski definition) is 2. The molecule has 0 radical (unpaired) electrons. The summed E-state index contributed by atoms with van der Waals surface area (Å²) in [7, 11) is 0. The fourth-order valence-corrected chi connectivity index (χ4v) is 1.90. The Bertz CT molecular complexity index is 240. The van der Waals surface area contributed by atoms with Crippen molar-refractivity contribution >= 4 is 0 Å². The van der Waals surface area contributed by atoms with Crippen LogP contribution in [0, 0.1) is 0 Å². The average Bonchev–Trinajstić information content (AvgIpc) is 2.21. The summed E-state index contributed by atoms with van der Waals surface area (Å²) < 4.78 is 0. The molecule has 0 amide bonds. The van der Waals surface area contributed by atoms with Crippen molar-refractivity contribution in [1.82, 2.24) is 10.3 Å². The van der Waals surface area contributed by atoms with Gasteiger partial charge in [-0.3, -0.25) is 4.98 Å². The quantitative estimate of drug-likeness (QED) is 0.742. The Kier molecular flexibility index (Phi) is 2.93. The summed E-state index contributed by atoms with van der Waals surface area (Å²) >= 11 is 0. The highest BCUT2D eigenvalue weighted by Gasteiger charge is 2.12. The Balaban J connectivity index is 1.90. The van der Waals surface area contributed by atoms with Gasteiger partial charge in [0.15, 0.2) is 0 Å². The van der Waals surface area contributed by atoms with Crippen LogP contribution in [0.5, 0.6) is 0 Å². The summed E-state index contributed by atoms with van der Waals surface area (Å²) in [5, 5.41) is 3.54. The van der Waals surface area contributed by atoms with E-state index in [-0.39, 0.29) is 0 Å². The molecule has 1 N–H and O–H groups in total. The molecular formula is C11H16N2. The monoisotopic (exact) mass is 176 g/mol. The minimum absolute atomic E-state index is 0.679. The largest absolute Gasteiger partial charge is 0.314 e. The van der Waals surface area contributed by atoms with Crippen LogP contribution in [0.4, 0.5) is 0 Å². The molecule has 1 fully saturated rings. The van der Waals surface area contributed by atoms with E-state index in [1.807, 2.05) is 18.5 Å². The summed E-state index contributed by atoms with van der Waals surface area (Å²) in [6.45, 7) is 1.19. The zero-order valence-electron chi connectivity index (χ0n) is 7.87. The van der Waals surface area contributed by atoms with Gasteiger partial charge in [-0.1, -0.05) is 12.5 Å². The van der Waals surface area contributed by atoms with Crippen LogP contribution in [0.2, 0.25) is 0 Å². The molecule has 13 heavy (non-hydrogen) atoms. The van der Waals surface area contributed by atoms with Gasteiger partial charge >= 0.3 is 0 Å². The van der Waals surface area contributed by atoms with Crippen LogP contribution in [0.25, 0.3) is 0 Å². The summed E-state index contributed by atoms with van der Waals surface area (Å²) in [5.74, 6) is 0. The predicted molar refractivity (Wildman–Crippen MR) is 53.6 cm³/mol. The smallest absolute Gasteiger partial charge is 0.0300 e. The van der Waals surface area contributed by atoms with Crippen molar-refractivity contribution in [1.29, 1.82) is 0 Å². The van der Waals surface area contributed by atoms with E-state index in [4.69, 9.17) is 0 Å². The van der Waals surface area contributed by atoms with E-state index in [0.29, 0.717) is 6.04 Å². The zero-order valence-corrected chi connectivity index (χ0v) is 7.87. The molecule has 70 valence electrons. The van der Waals surface area contributed by atoms with Crippen LogP contribution in [0.1, 0.15) is 24.8 Å².